The lowest BCUT2D eigenvalue weighted by Crippen LogP contribution is -2.61. The molecule has 0 spiro atoms. The minimum Gasteiger partial charge on any atom is -0.376 e. The molecule has 8 aromatic rings. The van der Waals surface area contributed by atoms with Crippen LogP contribution < -0.4 is 20.6 Å². The molecule has 0 radical (unpaired) electrons. The molecule has 0 fully saturated rings. The summed E-state index contributed by atoms with van der Waals surface area (Å²) in [4.78, 5) is 5.39. The van der Waals surface area contributed by atoms with Gasteiger partial charge in [0.05, 0.1) is 5.69 Å². The third kappa shape index (κ3) is 6.14. The van der Waals surface area contributed by atoms with Crippen molar-refractivity contribution >= 4 is 57.0 Å². The molecule has 65 heavy (non-hydrogen) atoms. The first-order valence-corrected chi connectivity index (χ1v) is 24.0. The van der Waals surface area contributed by atoms with Crippen molar-refractivity contribution in [3.05, 3.63) is 186 Å². The summed E-state index contributed by atoms with van der Waals surface area (Å²) in [6.45, 7) is 19.7. The first-order valence-electron chi connectivity index (χ1n) is 24.0. The molecule has 0 atom stereocenters. The van der Waals surface area contributed by atoms with Gasteiger partial charge in [0.15, 0.2) is 0 Å². The van der Waals surface area contributed by atoms with Crippen LogP contribution in [0.4, 0.5) is 28.4 Å². The van der Waals surface area contributed by atoms with E-state index < -0.39 is 0 Å². The fraction of sp³-hybridized carbons (Fsp3) is 0.258. The monoisotopic (exact) mass is 842 g/mol. The second-order valence-electron chi connectivity index (χ2n) is 22.2. The van der Waals surface area contributed by atoms with Gasteiger partial charge in [-0.3, -0.25) is 0 Å². The van der Waals surface area contributed by atoms with Crippen LogP contribution in [0.25, 0.3) is 44.2 Å². The average molecular weight is 843 g/mol. The second kappa shape index (κ2) is 14.1. The summed E-state index contributed by atoms with van der Waals surface area (Å²) in [6.07, 6.45) is 4.71. The summed E-state index contributed by atoms with van der Waals surface area (Å²) in [5.41, 5.74) is 22.8. The molecule has 2 aliphatic carbocycles. The van der Waals surface area contributed by atoms with E-state index in [-0.39, 0.29) is 28.5 Å². The van der Waals surface area contributed by atoms with Crippen LogP contribution >= 0.6 is 0 Å². The molecule has 4 aliphatic rings. The molecule has 0 saturated heterocycles. The molecule has 2 aliphatic heterocycles. The molecule has 12 rings (SSSR count). The van der Waals surface area contributed by atoms with E-state index in [0.29, 0.717) is 0 Å². The third-order valence-corrected chi connectivity index (χ3v) is 16.4. The Morgan fingerprint density at radius 3 is 1.58 bits per heavy atom. The lowest BCUT2D eigenvalue weighted by Gasteiger charge is -2.49. The van der Waals surface area contributed by atoms with Gasteiger partial charge < -0.3 is 9.71 Å². The van der Waals surface area contributed by atoms with Gasteiger partial charge in [0.25, 0.3) is 0 Å². The van der Waals surface area contributed by atoms with Crippen LogP contribution in [-0.2, 0) is 21.7 Å². The Bertz CT molecular complexity index is 3210. The van der Waals surface area contributed by atoms with Gasteiger partial charge in [-0.05, 0) is 162 Å². The maximum atomic E-state index is 2.79. The smallest absolute Gasteiger partial charge is 0.333 e. The zero-order valence-corrected chi connectivity index (χ0v) is 39.4. The maximum Gasteiger partial charge on any atom is 0.333 e. The molecule has 0 aromatic heterocycles. The van der Waals surface area contributed by atoms with Gasteiger partial charge >= 0.3 is 6.85 Å². The average Bonchev–Trinajstić information content (AvgIpc) is 3.32. The van der Waals surface area contributed by atoms with E-state index in [1.54, 1.807) is 0 Å². The van der Waals surface area contributed by atoms with Crippen molar-refractivity contribution in [3.63, 3.8) is 0 Å². The van der Waals surface area contributed by atoms with Crippen molar-refractivity contribution < 1.29 is 0 Å². The molecule has 2 heterocycles. The van der Waals surface area contributed by atoms with E-state index in [9.17, 15) is 0 Å². The SMILES string of the molecule is CC1(C)CCC(C)(C)c2cc(N3B4c5cc(-c6ccccc6)ccc5N(c5ccc(-c6ccccc6)cc5)c5c4c(cc4ccccc54)-c4cc5c(cc43)C(C)(C)CCC5(C)C)ccc21. The molecule has 0 N–H and O–H groups in total. The van der Waals surface area contributed by atoms with E-state index in [4.69, 9.17) is 0 Å². The molecule has 3 heteroatoms. The maximum absolute atomic E-state index is 2.79. The summed E-state index contributed by atoms with van der Waals surface area (Å²) in [5, 5.41) is 2.54. The van der Waals surface area contributed by atoms with Crippen molar-refractivity contribution in [1.82, 2.24) is 0 Å². The molecule has 2 nitrogen and oxygen atoms in total. The topological polar surface area (TPSA) is 6.48 Å². The molecule has 8 aromatic carbocycles. The Hall–Kier alpha value is -6.32. The van der Waals surface area contributed by atoms with Gasteiger partial charge in [-0.1, -0.05) is 171 Å². The summed E-state index contributed by atoms with van der Waals surface area (Å²) >= 11 is 0. The molecular formula is C62H59BN2. The van der Waals surface area contributed by atoms with Crippen molar-refractivity contribution in [1.29, 1.82) is 0 Å². The Morgan fingerprint density at radius 2 is 0.923 bits per heavy atom. The van der Waals surface area contributed by atoms with Crippen LogP contribution in [0.5, 0.6) is 0 Å². The Balaban J connectivity index is 1.21. The Kier molecular flexibility index (Phi) is 8.72. The van der Waals surface area contributed by atoms with Crippen molar-refractivity contribution in [2.45, 2.75) is 103 Å². The molecule has 320 valence electrons. The van der Waals surface area contributed by atoms with Gasteiger partial charge in [0, 0.05) is 33.7 Å². The van der Waals surface area contributed by atoms with Crippen LogP contribution in [0.1, 0.15) is 103 Å². The number of benzene rings is 8. The predicted octanol–water partition coefficient (Wildman–Crippen LogP) is 15.6. The second-order valence-corrected chi connectivity index (χ2v) is 22.2. The third-order valence-electron chi connectivity index (χ3n) is 16.4. The molecule has 0 bridgehead atoms. The number of hydrogen-bond donors (Lipinski definition) is 0. The van der Waals surface area contributed by atoms with E-state index in [0.717, 1.165) is 0 Å². The normalized spacial score (nSPS) is 18.0. The first-order chi connectivity index (χ1) is 31.2. The highest BCUT2D eigenvalue weighted by atomic mass is 15.2. The molecule has 0 amide bonds. The fourth-order valence-electron chi connectivity index (χ4n) is 12.3. The first kappa shape index (κ1) is 40.2. The van der Waals surface area contributed by atoms with Crippen LogP contribution in [0.2, 0.25) is 0 Å². The molecule has 0 saturated carbocycles. The van der Waals surface area contributed by atoms with Crippen molar-refractivity contribution in [3.8, 4) is 33.4 Å². The van der Waals surface area contributed by atoms with Gasteiger partial charge in [-0.2, -0.15) is 0 Å². The predicted molar refractivity (Wildman–Crippen MR) is 279 cm³/mol. The lowest BCUT2D eigenvalue weighted by atomic mass is 9.42. The van der Waals surface area contributed by atoms with Gasteiger partial charge in [0.1, 0.15) is 0 Å². The molecular weight excluding hydrogens is 784 g/mol. The summed E-state index contributed by atoms with van der Waals surface area (Å²) in [6, 6.07) is 62.9. The van der Waals surface area contributed by atoms with E-state index in [1.807, 2.05) is 0 Å². The minimum absolute atomic E-state index is 0.0515. The minimum atomic E-state index is -0.0915. The Labute approximate surface area is 387 Å². The van der Waals surface area contributed by atoms with Crippen LogP contribution in [-0.4, -0.2) is 6.85 Å². The number of anilines is 5. The van der Waals surface area contributed by atoms with Gasteiger partial charge in [-0.15, -0.1) is 0 Å². The highest BCUT2D eigenvalue weighted by Gasteiger charge is 2.48. The highest BCUT2D eigenvalue weighted by Crippen LogP contribution is 2.55. The number of rotatable bonds is 4. The van der Waals surface area contributed by atoms with Crippen molar-refractivity contribution in [2.75, 3.05) is 9.71 Å². The Morgan fingerprint density at radius 1 is 0.400 bits per heavy atom. The zero-order chi connectivity index (χ0) is 44.6. The van der Waals surface area contributed by atoms with E-state index >= 15 is 0 Å². The van der Waals surface area contributed by atoms with Crippen LogP contribution in [0.15, 0.2) is 164 Å². The summed E-state index contributed by atoms with van der Waals surface area (Å²) in [5.74, 6) is 0. The quantitative estimate of drug-likeness (QED) is 0.163. The van der Waals surface area contributed by atoms with Gasteiger partial charge in [-0.25, -0.2) is 0 Å². The van der Waals surface area contributed by atoms with Crippen LogP contribution in [0.3, 0.4) is 0 Å². The van der Waals surface area contributed by atoms with Crippen molar-refractivity contribution in [2.24, 2.45) is 0 Å². The number of hydrogen-bond acceptors (Lipinski definition) is 2. The van der Waals surface area contributed by atoms with E-state index in [2.05, 4.69) is 229 Å². The zero-order valence-electron chi connectivity index (χ0n) is 39.4. The lowest BCUT2D eigenvalue weighted by molar-refractivity contribution is 0.332. The van der Waals surface area contributed by atoms with Crippen LogP contribution in [0, 0.1) is 0 Å². The number of nitrogens with zero attached hydrogens (tertiary/aromatic N) is 2. The summed E-state index contributed by atoms with van der Waals surface area (Å²) in [7, 11) is 0. The standard InChI is InChI=1S/C62H59BN2/c1-59(2)31-32-60(3,4)51-37-46(28-29-50(51)59)65-56-39-53-52(61(5,6)33-34-62(53,7)8)38-48(56)49-35-44-21-15-16-22-47(44)58-57(49)63(65)54-36-43(41-19-13-10-14-20-41)25-30-55(54)64(58)45-26-23-42(24-27-45)40-17-11-9-12-18-40/h9-30,35-39H,31-34H2,1-8H3. The van der Waals surface area contributed by atoms with E-state index in [1.165, 1.54) is 131 Å². The fourth-order valence-corrected chi connectivity index (χ4v) is 12.3. The highest BCUT2D eigenvalue weighted by molar-refractivity contribution is 6.94. The summed E-state index contributed by atoms with van der Waals surface area (Å²) < 4.78 is 0. The van der Waals surface area contributed by atoms with Gasteiger partial charge in [0.2, 0.25) is 0 Å². The molecule has 0 unspecified atom stereocenters. The number of fused-ring (bicyclic) bond motifs is 8. The largest absolute Gasteiger partial charge is 0.376 e.